The molecule has 0 spiro atoms. The monoisotopic (exact) mass is 553 g/mol. The zero-order valence-electron chi connectivity index (χ0n) is 19.4. The van der Waals surface area contributed by atoms with Crippen molar-refractivity contribution < 1.29 is 35.1 Å². The van der Waals surface area contributed by atoms with Crippen molar-refractivity contribution in [3.8, 4) is 22.6 Å². The summed E-state index contributed by atoms with van der Waals surface area (Å²) in [5.74, 6) is -2.05. The number of halogens is 8. The molecule has 202 valence electrons. The Labute approximate surface area is 213 Å². The van der Waals surface area contributed by atoms with E-state index in [0.29, 0.717) is 23.5 Å². The van der Waals surface area contributed by atoms with Crippen molar-refractivity contribution in [1.29, 1.82) is 0 Å². The van der Waals surface area contributed by atoms with Gasteiger partial charge in [-0.15, -0.1) is 0 Å². The van der Waals surface area contributed by atoms with Gasteiger partial charge in [0.25, 0.3) is 5.56 Å². The standard InChI is InChI=1S/C25H15F8N5O/c26-17-3-1-2-15(21(17)27)22-35-19-9-34-38(11-20(19)36-22)10-12-4-7-18(37-23(12)39)14-6-5-13(24(28,29)30)8-16(14)25(31,32)33/h1-9H,10-11H2,(H,35,36)(H,37,39). The minimum Gasteiger partial charge on any atom is -0.340 e. The van der Waals surface area contributed by atoms with Gasteiger partial charge in [-0.05, 0) is 36.4 Å². The van der Waals surface area contributed by atoms with Gasteiger partial charge in [0.05, 0.1) is 41.7 Å². The Morgan fingerprint density at radius 1 is 0.897 bits per heavy atom. The van der Waals surface area contributed by atoms with Crippen LogP contribution in [0.5, 0.6) is 0 Å². The average Bonchev–Trinajstić information content (AvgIpc) is 3.28. The number of fused-ring (bicyclic) bond motifs is 1. The van der Waals surface area contributed by atoms with Crippen LogP contribution in [0.25, 0.3) is 22.6 Å². The van der Waals surface area contributed by atoms with Crippen molar-refractivity contribution in [2.45, 2.75) is 25.4 Å². The Morgan fingerprint density at radius 2 is 1.67 bits per heavy atom. The van der Waals surface area contributed by atoms with Crippen molar-refractivity contribution in [2.75, 3.05) is 0 Å². The first-order valence-electron chi connectivity index (χ1n) is 11.1. The Morgan fingerprint density at radius 3 is 2.36 bits per heavy atom. The first-order valence-corrected chi connectivity index (χ1v) is 11.1. The van der Waals surface area contributed by atoms with Crippen LogP contribution < -0.4 is 5.56 Å². The van der Waals surface area contributed by atoms with Gasteiger partial charge in [-0.2, -0.15) is 31.4 Å². The maximum Gasteiger partial charge on any atom is 0.417 e. The number of aromatic nitrogens is 3. The van der Waals surface area contributed by atoms with Gasteiger partial charge in [0.1, 0.15) is 11.5 Å². The Hall–Kier alpha value is -4.49. The van der Waals surface area contributed by atoms with Gasteiger partial charge in [0.2, 0.25) is 0 Å². The third-order valence-corrected chi connectivity index (χ3v) is 5.99. The van der Waals surface area contributed by atoms with E-state index in [1.807, 2.05) is 0 Å². The van der Waals surface area contributed by atoms with Crippen molar-refractivity contribution in [3.63, 3.8) is 0 Å². The molecule has 5 rings (SSSR count). The molecule has 1 aliphatic heterocycles. The van der Waals surface area contributed by atoms with Gasteiger partial charge < -0.3 is 9.97 Å². The summed E-state index contributed by atoms with van der Waals surface area (Å²) in [6.07, 6.45) is -8.74. The molecule has 6 nitrogen and oxygen atoms in total. The molecule has 0 bridgehead atoms. The van der Waals surface area contributed by atoms with Crippen molar-refractivity contribution in [3.05, 3.63) is 98.6 Å². The fraction of sp³-hybridized carbons (Fsp3) is 0.160. The zero-order valence-corrected chi connectivity index (χ0v) is 19.4. The number of nitrogens with one attached hydrogen (secondary N) is 2. The SMILES string of the molecule is O=c1[nH]c(-c2ccc(C(F)(F)F)cc2C(F)(F)F)ccc1CN1Cc2[nH]c(-c3cccc(F)c3F)nc2C=N1. The molecule has 1 aliphatic rings. The summed E-state index contributed by atoms with van der Waals surface area (Å²) in [5, 5.41) is 5.59. The number of alkyl halides is 6. The van der Waals surface area contributed by atoms with E-state index in [0.717, 1.165) is 12.1 Å². The van der Waals surface area contributed by atoms with Gasteiger partial charge in [-0.1, -0.05) is 12.1 Å². The summed E-state index contributed by atoms with van der Waals surface area (Å²) < 4.78 is 107. The topological polar surface area (TPSA) is 77.1 Å². The van der Waals surface area contributed by atoms with Crippen LogP contribution in [-0.4, -0.2) is 26.2 Å². The fourth-order valence-corrected chi connectivity index (χ4v) is 4.09. The number of imidazole rings is 1. The number of hydrogen-bond donors (Lipinski definition) is 2. The summed E-state index contributed by atoms with van der Waals surface area (Å²) in [6, 6.07) is 7.21. The van der Waals surface area contributed by atoms with Crippen molar-refractivity contribution in [1.82, 2.24) is 20.0 Å². The third-order valence-electron chi connectivity index (χ3n) is 5.99. The molecule has 0 aliphatic carbocycles. The van der Waals surface area contributed by atoms with E-state index in [9.17, 15) is 39.9 Å². The third kappa shape index (κ3) is 5.13. The number of pyridine rings is 1. The average molecular weight is 553 g/mol. The highest BCUT2D eigenvalue weighted by atomic mass is 19.4. The molecule has 4 aromatic rings. The highest BCUT2D eigenvalue weighted by Crippen LogP contribution is 2.40. The normalized spacial score (nSPS) is 13.6. The van der Waals surface area contributed by atoms with Crippen LogP contribution in [0.1, 0.15) is 28.1 Å². The van der Waals surface area contributed by atoms with E-state index in [-0.39, 0.29) is 41.8 Å². The molecule has 2 aromatic carbocycles. The molecule has 0 atom stereocenters. The van der Waals surface area contributed by atoms with Gasteiger partial charge >= 0.3 is 12.4 Å². The Bertz CT molecular complexity index is 1650. The fourth-order valence-electron chi connectivity index (χ4n) is 4.09. The van der Waals surface area contributed by atoms with Crippen LogP contribution in [0.4, 0.5) is 35.1 Å². The summed E-state index contributed by atoms with van der Waals surface area (Å²) in [5.41, 5.74) is -3.82. The molecule has 0 unspecified atom stereocenters. The van der Waals surface area contributed by atoms with Crippen LogP contribution in [0.15, 0.2) is 58.4 Å². The molecule has 0 radical (unpaired) electrons. The lowest BCUT2D eigenvalue weighted by atomic mass is 9.99. The molecule has 0 fully saturated rings. The largest absolute Gasteiger partial charge is 0.417 e. The van der Waals surface area contributed by atoms with Gasteiger partial charge in [-0.25, -0.2) is 13.8 Å². The van der Waals surface area contributed by atoms with E-state index in [1.165, 1.54) is 29.4 Å². The predicted molar refractivity (Wildman–Crippen MR) is 123 cm³/mol. The summed E-state index contributed by atoms with van der Waals surface area (Å²) >= 11 is 0. The first kappa shape index (κ1) is 26.1. The lowest BCUT2D eigenvalue weighted by Gasteiger charge is -2.21. The molecule has 14 heteroatoms. The van der Waals surface area contributed by atoms with Crippen LogP contribution in [0, 0.1) is 11.6 Å². The molecule has 3 heterocycles. The maximum atomic E-state index is 14.1. The first-order chi connectivity index (χ1) is 18.3. The summed E-state index contributed by atoms with van der Waals surface area (Å²) in [4.78, 5) is 22.1. The number of H-pyrrole nitrogens is 2. The van der Waals surface area contributed by atoms with E-state index in [4.69, 9.17) is 0 Å². The van der Waals surface area contributed by atoms with E-state index >= 15 is 0 Å². The maximum absolute atomic E-state index is 14.1. The van der Waals surface area contributed by atoms with Crippen LogP contribution in [0.2, 0.25) is 0 Å². The second kappa shape index (κ2) is 9.36. The number of benzene rings is 2. The van der Waals surface area contributed by atoms with Crippen LogP contribution >= 0.6 is 0 Å². The van der Waals surface area contributed by atoms with Gasteiger partial charge in [0, 0.05) is 16.8 Å². The molecule has 0 saturated carbocycles. The number of aromatic amines is 2. The minimum atomic E-state index is -5.11. The quantitative estimate of drug-likeness (QED) is 0.300. The molecule has 39 heavy (non-hydrogen) atoms. The van der Waals surface area contributed by atoms with Gasteiger partial charge in [0.15, 0.2) is 11.6 Å². The van der Waals surface area contributed by atoms with Crippen molar-refractivity contribution in [2.24, 2.45) is 5.10 Å². The molecule has 2 N–H and O–H groups in total. The second-order valence-corrected chi connectivity index (χ2v) is 8.60. The number of hydrazone groups is 1. The molecule has 2 aromatic heterocycles. The van der Waals surface area contributed by atoms with E-state index in [1.54, 1.807) is 0 Å². The zero-order chi connectivity index (χ0) is 28.1. The molecule has 0 amide bonds. The Balaban J connectivity index is 1.38. The van der Waals surface area contributed by atoms with E-state index < -0.39 is 46.2 Å². The summed E-state index contributed by atoms with van der Waals surface area (Å²) in [7, 11) is 0. The molecule has 0 saturated heterocycles. The number of rotatable bonds is 4. The smallest absolute Gasteiger partial charge is 0.340 e. The lowest BCUT2D eigenvalue weighted by molar-refractivity contribution is -0.142. The van der Waals surface area contributed by atoms with Gasteiger partial charge in [-0.3, -0.25) is 9.80 Å². The summed E-state index contributed by atoms with van der Waals surface area (Å²) in [6.45, 7) is 0.00145. The van der Waals surface area contributed by atoms with E-state index in [2.05, 4.69) is 20.1 Å². The number of nitrogens with zero attached hydrogens (tertiary/aromatic N) is 3. The predicted octanol–water partition coefficient (Wildman–Crippen LogP) is 6.10. The molecular formula is C25H15F8N5O. The van der Waals surface area contributed by atoms with Crippen LogP contribution in [-0.2, 0) is 25.4 Å². The Kier molecular flexibility index (Phi) is 6.27. The number of hydrogen-bond acceptors (Lipinski definition) is 4. The highest BCUT2D eigenvalue weighted by molar-refractivity contribution is 5.80. The highest BCUT2D eigenvalue weighted by Gasteiger charge is 2.38. The van der Waals surface area contributed by atoms with Crippen LogP contribution in [0.3, 0.4) is 0 Å². The van der Waals surface area contributed by atoms with Crippen molar-refractivity contribution >= 4 is 6.21 Å². The molecular weight excluding hydrogens is 538 g/mol. The second-order valence-electron chi connectivity index (χ2n) is 8.60. The lowest BCUT2D eigenvalue weighted by Crippen LogP contribution is -2.25. The minimum absolute atomic E-state index is 0.00402.